The summed E-state index contributed by atoms with van der Waals surface area (Å²) in [4.78, 5) is 4.09. The minimum absolute atomic E-state index is 0.267. The van der Waals surface area contributed by atoms with Crippen molar-refractivity contribution in [2.24, 2.45) is 0 Å². The van der Waals surface area contributed by atoms with Gasteiger partial charge in [-0.1, -0.05) is 0 Å². The Morgan fingerprint density at radius 2 is 2.06 bits per heavy atom. The van der Waals surface area contributed by atoms with Crippen LogP contribution in [0.2, 0.25) is 0 Å². The highest BCUT2D eigenvalue weighted by molar-refractivity contribution is 5.54. The van der Waals surface area contributed by atoms with E-state index >= 15 is 0 Å². The Morgan fingerprint density at radius 1 is 1.31 bits per heavy atom. The number of alkyl halides is 1. The molecule has 2 rings (SSSR count). The molecular formula is C12H12FNO2. The molecule has 0 N–H and O–H groups in total. The fourth-order valence-corrected chi connectivity index (χ4v) is 1.38. The van der Waals surface area contributed by atoms with E-state index in [0.717, 1.165) is 11.3 Å². The van der Waals surface area contributed by atoms with Gasteiger partial charge < -0.3 is 9.15 Å². The lowest BCUT2D eigenvalue weighted by Gasteiger charge is -1.99. The van der Waals surface area contributed by atoms with E-state index in [4.69, 9.17) is 9.15 Å². The molecule has 0 unspecified atom stereocenters. The van der Waals surface area contributed by atoms with Gasteiger partial charge in [0.25, 0.3) is 0 Å². The van der Waals surface area contributed by atoms with Crippen molar-refractivity contribution in [3.63, 3.8) is 0 Å². The van der Waals surface area contributed by atoms with Gasteiger partial charge in [-0.15, -0.1) is 0 Å². The van der Waals surface area contributed by atoms with E-state index in [1.165, 1.54) is 0 Å². The zero-order valence-electron chi connectivity index (χ0n) is 8.94. The SMILES string of the molecule is COc1ccc(-c2ncc(CCF)o2)cc1. The predicted octanol–water partition coefficient (Wildman–Crippen LogP) is 2.86. The Labute approximate surface area is 92.9 Å². The Kier molecular flexibility index (Phi) is 3.19. The van der Waals surface area contributed by atoms with Gasteiger partial charge in [0, 0.05) is 12.0 Å². The molecule has 0 aliphatic heterocycles. The Balaban J connectivity index is 2.21. The molecule has 0 spiro atoms. The number of hydrogen-bond acceptors (Lipinski definition) is 3. The monoisotopic (exact) mass is 221 g/mol. The molecule has 0 saturated heterocycles. The van der Waals surface area contributed by atoms with Gasteiger partial charge in [0.2, 0.25) is 5.89 Å². The molecule has 0 amide bonds. The van der Waals surface area contributed by atoms with Gasteiger partial charge >= 0.3 is 0 Å². The first-order valence-electron chi connectivity index (χ1n) is 4.98. The van der Waals surface area contributed by atoms with Crippen molar-refractivity contribution >= 4 is 0 Å². The standard InChI is InChI=1S/C12H12FNO2/c1-15-10-4-2-9(3-5-10)12-14-8-11(16-12)6-7-13/h2-5,8H,6-7H2,1H3. The maximum Gasteiger partial charge on any atom is 0.226 e. The van der Waals surface area contributed by atoms with E-state index in [0.29, 0.717) is 11.7 Å². The van der Waals surface area contributed by atoms with Crippen LogP contribution in [0.5, 0.6) is 5.75 Å². The van der Waals surface area contributed by atoms with Gasteiger partial charge in [0.15, 0.2) is 0 Å². The van der Waals surface area contributed by atoms with Crippen LogP contribution in [0.3, 0.4) is 0 Å². The molecule has 0 atom stereocenters. The zero-order chi connectivity index (χ0) is 11.4. The fraction of sp³-hybridized carbons (Fsp3) is 0.250. The van der Waals surface area contributed by atoms with Crippen molar-refractivity contribution in [2.45, 2.75) is 6.42 Å². The number of aromatic nitrogens is 1. The van der Waals surface area contributed by atoms with E-state index in [9.17, 15) is 4.39 Å². The molecule has 4 heteroatoms. The number of methoxy groups -OCH3 is 1. The van der Waals surface area contributed by atoms with E-state index < -0.39 is 6.67 Å². The second-order valence-electron chi connectivity index (χ2n) is 3.30. The third kappa shape index (κ3) is 2.21. The lowest BCUT2D eigenvalue weighted by atomic mass is 10.2. The summed E-state index contributed by atoms with van der Waals surface area (Å²) in [5.74, 6) is 1.85. The van der Waals surface area contributed by atoms with Crippen molar-refractivity contribution in [2.75, 3.05) is 13.8 Å². The van der Waals surface area contributed by atoms with Gasteiger partial charge in [-0.3, -0.25) is 4.39 Å². The van der Waals surface area contributed by atoms with Crippen LogP contribution in [0, 0.1) is 0 Å². The molecule has 1 heterocycles. The van der Waals surface area contributed by atoms with Crippen LogP contribution >= 0.6 is 0 Å². The van der Waals surface area contributed by atoms with Crippen molar-refractivity contribution in [1.29, 1.82) is 0 Å². The highest BCUT2D eigenvalue weighted by atomic mass is 19.1. The molecule has 0 saturated carbocycles. The van der Waals surface area contributed by atoms with Gasteiger partial charge in [0.05, 0.1) is 20.0 Å². The third-order valence-corrected chi connectivity index (χ3v) is 2.23. The average Bonchev–Trinajstić information content (AvgIpc) is 2.78. The van der Waals surface area contributed by atoms with Crippen molar-refractivity contribution in [3.8, 4) is 17.2 Å². The molecule has 0 aliphatic carbocycles. The van der Waals surface area contributed by atoms with Crippen molar-refractivity contribution in [3.05, 3.63) is 36.2 Å². The molecule has 0 radical (unpaired) electrons. The second-order valence-corrected chi connectivity index (χ2v) is 3.30. The predicted molar refractivity (Wildman–Crippen MR) is 58.2 cm³/mol. The molecule has 3 nitrogen and oxygen atoms in total. The first-order chi connectivity index (χ1) is 7.83. The average molecular weight is 221 g/mol. The summed E-state index contributed by atoms with van der Waals surface area (Å²) < 4.78 is 22.5. The lowest BCUT2D eigenvalue weighted by molar-refractivity contribution is 0.414. The van der Waals surface area contributed by atoms with Gasteiger partial charge in [-0.25, -0.2) is 4.98 Å². The van der Waals surface area contributed by atoms with Gasteiger partial charge in [-0.2, -0.15) is 0 Å². The van der Waals surface area contributed by atoms with Crippen LogP contribution in [-0.2, 0) is 6.42 Å². The fourth-order valence-electron chi connectivity index (χ4n) is 1.38. The highest BCUT2D eigenvalue weighted by Gasteiger charge is 2.06. The van der Waals surface area contributed by atoms with E-state index in [1.807, 2.05) is 24.3 Å². The normalized spacial score (nSPS) is 10.4. The molecule has 2 aromatic rings. The van der Waals surface area contributed by atoms with Crippen molar-refractivity contribution < 1.29 is 13.5 Å². The second kappa shape index (κ2) is 4.79. The maximum atomic E-state index is 12.1. The smallest absolute Gasteiger partial charge is 0.226 e. The topological polar surface area (TPSA) is 35.3 Å². The molecule has 16 heavy (non-hydrogen) atoms. The Bertz CT molecular complexity index is 450. The van der Waals surface area contributed by atoms with Crippen LogP contribution in [0.4, 0.5) is 4.39 Å². The van der Waals surface area contributed by atoms with Crippen LogP contribution < -0.4 is 4.74 Å². The first-order valence-corrected chi connectivity index (χ1v) is 4.98. The minimum atomic E-state index is -0.433. The third-order valence-electron chi connectivity index (χ3n) is 2.23. The summed E-state index contributed by atoms with van der Waals surface area (Å²) in [6, 6.07) is 7.36. The Morgan fingerprint density at radius 3 is 2.69 bits per heavy atom. The van der Waals surface area contributed by atoms with Crippen LogP contribution in [0.15, 0.2) is 34.9 Å². The van der Waals surface area contributed by atoms with E-state index in [2.05, 4.69) is 4.98 Å². The number of ether oxygens (including phenoxy) is 1. The summed E-state index contributed by atoms with van der Waals surface area (Å²) in [6.45, 7) is -0.433. The molecule has 0 fully saturated rings. The lowest BCUT2D eigenvalue weighted by Crippen LogP contribution is -1.82. The molecule has 1 aromatic carbocycles. The van der Waals surface area contributed by atoms with E-state index in [1.54, 1.807) is 13.3 Å². The number of oxazole rings is 1. The van der Waals surface area contributed by atoms with Crippen LogP contribution in [-0.4, -0.2) is 18.8 Å². The van der Waals surface area contributed by atoms with E-state index in [-0.39, 0.29) is 6.42 Å². The number of nitrogens with zero attached hydrogens (tertiary/aromatic N) is 1. The molecule has 84 valence electrons. The summed E-state index contributed by atoms with van der Waals surface area (Å²) in [5.41, 5.74) is 0.853. The summed E-state index contributed by atoms with van der Waals surface area (Å²) in [5, 5.41) is 0. The number of rotatable bonds is 4. The molecule has 1 aromatic heterocycles. The van der Waals surface area contributed by atoms with Crippen LogP contribution in [0.1, 0.15) is 5.76 Å². The van der Waals surface area contributed by atoms with Gasteiger partial charge in [-0.05, 0) is 24.3 Å². The number of benzene rings is 1. The number of halogens is 1. The Hall–Kier alpha value is -1.84. The summed E-state index contributed by atoms with van der Waals surface area (Å²) in [6.07, 6.45) is 1.82. The molecular weight excluding hydrogens is 209 g/mol. The number of aryl methyl sites for hydroxylation is 1. The first kappa shape index (κ1) is 10.7. The quantitative estimate of drug-likeness (QED) is 0.796. The minimum Gasteiger partial charge on any atom is -0.497 e. The molecule has 0 bridgehead atoms. The van der Waals surface area contributed by atoms with Gasteiger partial charge in [0.1, 0.15) is 11.5 Å². The summed E-state index contributed by atoms with van der Waals surface area (Å²) >= 11 is 0. The zero-order valence-corrected chi connectivity index (χ0v) is 8.94. The maximum absolute atomic E-state index is 12.1. The molecule has 0 aliphatic rings. The highest BCUT2D eigenvalue weighted by Crippen LogP contribution is 2.22. The van der Waals surface area contributed by atoms with Crippen LogP contribution in [0.25, 0.3) is 11.5 Å². The number of hydrogen-bond donors (Lipinski definition) is 0. The largest absolute Gasteiger partial charge is 0.497 e. The van der Waals surface area contributed by atoms with Crippen molar-refractivity contribution in [1.82, 2.24) is 4.98 Å². The summed E-state index contributed by atoms with van der Waals surface area (Å²) in [7, 11) is 1.61.